The molecule has 0 bridgehead atoms. The van der Waals surface area contributed by atoms with E-state index in [9.17, 15) is 18.5 Å². The van der Waals surface area contributed by atoms with E-state index in [-0.39, 0.29) is 24.1 Å². The summed E-state index contributed by atoms with van der Waals surface area (Å²) in [6, 6.07) is 3.72. The highest BCUT2D eigenvalue weighted by molar-refractivity contribution is 7.89. The van der Waals surface area contributed by atoms with Crippen LogP contribution in [0.25, 0.3) is 0 Å². The van der Waals surface area contributed by atoms with E-state index in [0.29, 0.717) is 18.5 Å². The van der Waals surface area contributed by atoms with Crippen LogP contribution < -0.4 is 5.32 Å². The second kappa shape index (κ2) is 5.96. The maximum Gasteiger partial charge on any atom is 0.291 e. The quantitative estimate of drug-likeness (QED) is 0.568. The third kappa shape index (κ3) is 3.14. The minimum Gasteiger partial charge on any atom is -0.395 e. The van der Waals surface area contributed by atoms with Crippen LogP contribution in [-0.4, -0.2) is 49.0 Å². The molecule has 1 saturated carbocycles. The van der Waals surface area contributed by atoms with Crippen molar-refractivity contribution in [2.75, 3.05) is 25.5 Å². The van der Waals surface area contributed by atoms with Crippen molar-refractivity contribution in [3.8, 4) is 0 Å². The van der Waals surface area contributed by atoms with E-state index < -0.39 is 20.6 Å². The molecule has 2 N–H and O–H groups in total. The van der Waals surface area contributed by atoms with Crippen molar-refractivity contribution >= 4 is 21.4 Å². The fourth-order valence-electron chi connectivity index (χ4n) is 2.12. The average Bonchev–Trinajstić information content (AvgIpc) is 3.28. The van der Waals surface area contributed by atoms with Gasteiger partial charge in [-0.15, -0.1) is 0 Å². The van der Waals surface area contributed by atoms with E-state index in [1.54, 1.807) is 7.05 Å². The number of nitrogens with one attached hydrogen (secondary N) is 1. The minimum atomic E-state index is -4.00. The van der Waals surface area contributed by atoms with Crippen LogP contribution in [0.2, 0.25) is 0 Å². The van der Waals surface area contributed by atoms with Crippen LogP contribution >= 0.6 is 0 Å². The lowest BCUT2D eigenvalue weighted by molar-refractivity contribution is -0.387. The SMILES string of the molecule is CNc1ccc(S(=O)(=O)N(CCO)C2CC2)c([N+](=O)[O-])c1. The predicted octanol–water partition coefficient (Wildman–Crippen LogP) is 0.782. The van der Waals surface area contributed by atoms with Gasteiger partial charge in [-0.3, -0.25) is 10.1 Å². The largest absolute Gasteiger partial charge is 0.395 e. The Morgan fingerprint density at radius 2 is 2.14 bits per heavy atom. The average molecular weight is 315 g/mol. The van der Waals surface area contributed by atoms with Gasteiger partial charge in [0.15, 0.2) is 4.90 Å². The first kappa shape index (κ1) is 15.7. The van der Waals surface area contributed by atoms with E-state index in [2.05, 4.69) is 5.32 Å². The van der Waals surface area contributed by atoms with Crippen LogP contribution in [0, 0.1) is 10.1 Å². The monoisotopic (exact) mass is 315 g/mol. The Morgan fingerprint density at radius 1 is 1.48 bits per heavy atom. The smallest absolute Gasteiger partial charge is 0.291 e. The second-order valence-corrected chi connectivity index (χ2v) is 6.62. The van der Waals surface area contributed by atoms with E-state index in [0.717, 1.165) is 4.31 Å². The Labute approximate surface area is 122 Å². The zero-order valence-electron chi connectivity index (χ0n) is 11.5. The Morgan fingerprint density at radius 3 is 2.62 bits per heavy atom. The van der Waals surface area contributed by atoms with Gasteiger partial charge >= 0.3 is 0 Å². The van der Waals surface area contributed by atoms with Crippen molar-refractivity contribution in [3.63, 3.8) is 0 Å². The van der Waals surface area contributed by atoms with Crippen molar-refractivity contribution in [2.45, 2.75) is 23.8 Å². The second-order valence-electron chi connectivity index (χ2n) is 4.76. The molecule has 116 valence electrons. The molecular weight excluding hydrogens is 298 g/mol. The molecule has 1 aliphatic rings. The third-order valence-electron chi connectivity index (χ3n) is 3.31. The van der Waals surface area contributed by atoms with Crippen LogP contribution in [0.5, 0.6) is 0 Å². The first-order valence-corrected chi connectivity index (χ1v) is 7.94. The van der Waals surface area contributed by atoms with Gasteiger partial charge in [0.2, 0.25) is 10.0 Å². The summed E-state index contributed by atoms with van der Waals surface area (Å²) in [6.07, 6.45) is 1.42. The van der Waals surface area contributed by atoms with Crippen LogP contribution in [0.15, 0.2) is 23.1 Å². The van der Waals surface area contributed by atoms with Gasteiger partial charge in [-0.25, -0.2) is 8.42 Å². The molecule has 0 atom stereocenters. The lowest BCUT2D eigenvalue weighted by Crippen LogP contribution is -2.35. The van der Waals surface area contributed by atoms with Crippen LogP contribution in [0.4, 0.5) is 11.4 Å². The fraction of sp³-hybridized carbons (Fsp3) is 0.500. The van der Waals surface area contributed by atoms with Gasteiger partial charge in [0.1, 0.15) is 0 Å². The molecule has 2 rings (SSSR count). The Hall–Kier alpha value is -1.71. The van der Waals surface area contributed by atoms with Crippen molar-refractivity contribution in [1.82, 2.24) is 4.31 Å². The number of nitrogens with zero attached hydrogens (tertiary/aromatic N) is 2. The van der Waals surface area contributed by atoms with Crippen molar-refractivity contribution in [3.05, 3.63) is 28.3 Å². The summed E-state index contributed by atoms with van der Waals surface area (Å²) in [7, 11) is -2.40. The summed E-state index contributed by atoms with van der Waals surface area (Å²) >= 11 is 0. The molecule has 9 heteroatoms. The number of benzene rings is 1. The zero-order valence-corrected chi connectivity index (χ0v) is 12.3. The van der Waals surface area contributed by atoms with Gasteiger partial charge in [0.05, 0.1) is 11.5 Å². The standard InChI is InChI=1S/C12H17N3O5S/c1-13-9-2-5-12(11(8-9)15(17)18)21(19,20)14(6-7-16)10-3-4-10/h2,5,8,10,13,16H,3-4,6-7H2,1H3. The van der Waals surface area contributed by atoms with E-state index in [1.165, 1.54) is 18.2 Å². The normalized spacial score (nSPS) is 15.2. The molecule has 1 aliphatic carbocycles. The lowest BCUT2D eigenvalue weighted by Gasteiger charge is -2.20. The molecule has 0 heterocycles. The molecule has 0 aliphatic heterocycles. The van der Waals surface area contributed by atoms with Crippen LogP contribution in [0.1, 0.15) is 12.8 Å². The molecular formula is C12H17N3O5S. The highest BCUT2D eigenvalue weighted by Gasteiger charge is 2.40. The summed E-state index contributed by atoms with van der Waals surface area (Å²) in [6.45, 7) is -0.379. The number of nitro benzene ring substituents is 1. The van der Waals surface area contributed by atoms with Gasteiger partial charge in [-0.05, 0) is 25.0 Å². The van der Waals surface area contributed by atoms with Crippen molar-refractivity contribution in [2.24, 2.45) is 0 Å². The summed E-state index contributed by atoms with van der Waals surface area (Å²) in [5.74, 6) is 0. The molecule has 0 unspecified atom stereocenters. The fourth-order valence-corrected chi connectivity index (χ4v) is 3.94. The number of hydrogen-bond donors (Lipinski definition) is 2. The van der Waals surface area contributed by atoms with Crippen LogP contribution in [0.3, 0.4) is 0 Å². The Bertz CT molecular complexity index is 642. The van der Waals surface area contributed by atoms with Gasteiger partial charge in [0, 0.05) is 31.4 Å². The van der Waals surface area contributed by atoms with Gasteiger partial charge in [0.25, 0.3) is 5.69 Å². The molecule has 8 nitrogen and oxygen atoms in total. The Kier molecular flexibility index (Phi) is 4.45. The molecule has 0 amide bonds. The highest BCUT2D eigenvalue weighted by Crippen LogP contribution is 2.35. The minimum absolute atomic E-state index is 0.0576. The number of anilines is 1. The highest BCUT2D eigenvalue weighted by atomic mass is 32.2. The first-order chi connectivity index (χ1) is 9.91. The summed E-state index contributed by atoms with van der Waals surface area (Å²) in [5.41, 5.74) is -0.00813. The van der Waals surface area contributed by atoms with E-state index in [4.69, 9.17) is 5.11 Å². The first-order valence-electron chi connectivity index (χ1n) is 6.50. The number of rotatable bonds is 7. The summed E-state index contributed by atoms with van der Waals surface area (Å²) in [5, 5.41) is 22.9. The number of sulfonamides is 1. The molecule has 1 aromatic rings. The van der Waals surface area contributed by atoms with Crippen molar-refractivity contribution in [1.29, 1.82) is 0 Å². The molecule has 0 spiro atoms. The van der Waals surface area contributed by atoms with Crippen molar-refractivity contribution < 1.29 is 18.4 Å². The van der Waals surface area contributed by atoms with Gasteiger partial charge in [-0.1, -0.05) is 0 Å². The molecule has 0 radical (unpaired) electrons. The number of aliphatic hydroxyl groups excluding tert-OH is 1. The number of nitro groups is 1. The van der Waals surface area contributed by atoms with Crippen LogP contribution in [-0.2, 0) is 10.0 Å². The third-order valence-corrected chi connectivity index (χ3v) is 5.30. The van der Waals surface area contributed by atoms with E-state index in [1.807, 2.05) is 0 Å². The molecule has 1 aromatic carbocycles. The maximum absolute atomic E-state index is 12.6. The molecule has 0 aromatic heterocycles. The summed E-state index contributed by atoms with van der Waals surface area (Å²) < 4.78 is 26.4. The van der Waals surface area contributed by atoms with E-state index >= 15 is 0 Å². The summed E-state index contributed by atoms with van der Waals surface area (Å²) in [4.78, 5) is 10.1. The Balaban J connectivity index is 2.50. The lowest BCUT2D eigenvalue weighted by atomic mass is 10.3. The topological polar surface area (TPSA) is 113 Å². The predicted molar refractivity (Wildman–Crippen MR) is 76.6 cm³/mol. The van der Waals surface area contributed by atoms with Gasteiger partial charge in [-0.2, -0.15) is 4.31 Å². The van der Waals surface area contributed by atoms with Gasteiger partial charge < -0.3 is 10.4 Å². The molecule has 21 heavy (non-hydrogen) atoms. The maximum atomic E-state index is 12.6. The zero-order chi connectivity index (χ0) is 15.6. The number of hydrogen-bond acceptors (Lipinski definition) is 6. The molecule has 1 fully saturated rings. The number of aliphatic hydroxyl groups is 1. The molecule has 0 saturated heterocycles.